The van der Waals surface area contributed by atoms with Gasteiger partial charge in [-0.05, 0) is 76.0 Å². The number of hydrogen-bond donors (Lipinski definition) is 13. The molecule has 27 heteroatoms. The highest BCUT2D eigenvalue weighted by molar-refractivity contribution is 5.99. The van der Waals surface area contributed by atoms with Crippen LogP contribution in [0.3, 0.4) is 0 Å². The van der Waals surface area contributed by atoms with Crippen molar-refractivity contribution in [2.24, 2.45) is 39.9 Å². The number of rotatable bonds is 29. The van der Waals surface area contributed by atoms with Crippen LogP contribution in [0.1, 0.15) is 92.2 Å². The van der Waals surface area contributed by atoms with Gasteiger partial charge in [-0.2, -0.15) is 0 Å². The first kappa shape index (κ1) is 63.0. The second-order valence-electron chi connectivity index (χ2n) is 19.0. The highest BCUT2D eigenvalue weighted by atomic mass is 16.5. The lowest BCUT2D eigenvalue weighted by Crippen LogP contribution is -2.63. The molecule has 0 unspecified atom stereocenters. The van der Waals surface area contributed by atoms with Gasteiger partial charge in [0.05, 0.1) is 12.2 Å². The number of aliphatic imine (C=N–C) groups is 1. The number of nitrogens with one attached hydrogen (secondary N) is 6. The Labute approximate surface area is 429 Å². The quantitative estimate of drug-likeness (QED) is 0.0208. The lowest BCUT2D eigenvalue weighted by Gasteiger charge is -2.35. The minimum atomic E-state index is -1.81. The number of primary amides is 1. The molecule has 0 spiro atoms. The van der Waals surface area contributed by atoms with Crippen LogP contribution in [0.4, 0.5) is 0 Å². The van der Waals surface area contributed by atoms with Gasteiger partial charge in [-0.25, -0.2) is 4.79 Å². The van der Waals surface area contributed by atoms with Gasteiger partial charge in [0.15, 0.2) is 5.96 Å². The van der Waals surface area contributed by atoms with Gasteiger partial charge in [-0.3, -0.25) is 48.1 Å². The number of hydrogen-bond acceptors (Lipinski definition) is 15. The number of carboxylic acid groups (broad SMARTS) is 1. The fourth-order valence-electron chi connectivity index (χ4n) is 7.94. The van der Waals surface area contributed by atoms with E-state index < -0.39 is 145 Å². The first-order valence-corrected chi connectivity index (χ1v) is 24.0. The number of nitrogens with zero attached hydrogens (tertiary/aromatic N) is 3. The van der Waals surface area contributed by atoms with E-state index in [1.807, 2.05) is 0 Å². The Balaban J connectivity index is 2.55. The number of carbonyl (C=O) groups is 10. The summed E-state index contributed by atoms with van der Waals surface area (Å²) in [7, 11) is 3.61. The van der Waals surface area contributed by atoms with Crippen molar-refractivity contribution in [3.63, 3.8) is 0 Å². The number of benzene rings is 1. The molecule has 74 heavy (non-hydrogen) atoms. The summed E-state index contributed by atoms with van der Waals surface area (Å²) >= 11 is 0. The molecule has 0 radical (unpaired) electrons. The van der Waals surface area contributed by atoms with Crippen LogP contribution in [-0.2, 0) is 52.7 Å². The van der Waals surface area contributed by atoms with Gasteiger partial charge in [-0.15, -0.1) is 0 Å². The number of aromatic hydroxyl groups is 1. The van der Waals surface area contributed by atoms with Gasteiger partial charge in [0.25, 0.3) is 0 Å². The first-order chi connectivity index (χ1) is 34.4. The third kappa shape index (κ3) is 18.1. The maximum Gasteiger partial charge on any atom is 0.326 e. The van der Waals surface area contributed by atoms with E-state index in [-0.39, 0.29) is 54.9 Å². The van der Waals surface area contributed by atoms with Crippen LogP contribution in [0.5, 0.6) is 5.75 Å². The van der Waals surface area contributed by atoms with Gasteiger partial charge in [0.1, 0.15) is 60.2 Å². The second kappa shape index (κ2) is 28.9. The first-order valence-electron chi connectivity index (χ1n) is 24.0. The van der Waals surface area contributed by atoms with E-state index in [4.69, 9.17) is 21.9 Å². The fraction of sp³-hybridized carbons (Fsp3) is 0.638. The largest absolute Gasteiger partial charge is 0.508 e. The number of aliphatic carboxylic acids is 1. The number of aliphatic hydroxyl groups excluding tert-OH is 2. The summed E-state index contributed by atoms with van der Waals surface area (Å²) in [6.45, 7) is 10.3. The zero-order valence-corrected chi connectivity index (χ0v) is 43.5. The summed E-state index contributed by atoms with van der Waals surface area (Å²) in [6, 6.07) is -6.75. The Morgan fingerprint density at radius 1 is 0.743 bits per heavy atom. The van der Waals surface area contributed by atoms with Gasteiger partial charge in [0, 0.05) is 40.1 Å². The maximum absolute atomic E-state index is 14.6. The number of phenolic OH excluding ortho intramolecular Hbond substituents is 1. The topological polar surface area (TPSA) is 430 Å². The molecule has 1 aromatic carbocycles. The summed E-state index contributed by atoms with van der Waals surface area (Å²) in [5.41, 5.74) is 16.7. The molecule has 0 saturated carbocycles. The van der Waals surface area contributed by atoms with Crippen molar-refractivity contribution >= 4 is 65.1 Å². The van der Waals surface area contributed by atoms with Gasteiger partial charge < -0.3 is 84.1 Å². The number of guanidine groups is 1. The van der Waals surface area contributed by atoms with Gasteiger partial charge in [0.2, 0.25) is 53.2 Å². The number of carboxylic acids is 1. The summed E-state index contributed by atoms with van der Waals surface area (Å²) in [6.07, 6.45) is -5.57. The smallest absolute Gasteiger partial charge is 0.326 e. The minimum absolute atomic E-state index is 0.0356. The van der Waals surface area contributed by atoms with E-state index >= 15 is 0 Å². The number of aliphatic hydroxyl groups is 2. The maximum atomic E-state index is 14.6. The SMILES string of the molecule is CO[C@H](c1ccc(O)cc1)[C@@H](NC(=O)[C@H](CCC(N)=O)N(C)C(=O)[C@H](CC(C)C)NC(=O)[C@@H](CCCN=C(N)N)NC(=O)[C@H](NC(=O)[C@H](NC(=O)[C@H]1NC(=O)[C@H](C)[C@@H]1C)[C@@H](C)O)[C@@H](C)O)C(=O)N(C)[C@@H](C)C(=O)O. The number of amides is 9. The molecule has 0 bridgehead atoms. The van der Waals surface area contributed by atoms with Gasteiger partial charge >= 0.3 is 5.97 Å². The highest BCUT2D eigenvalue weighted by Gasteiger charge is 2.44. The average Bonchev–Trinajstić information content (AvgIpc) is 3.58. The number of phenols is 1. The lowest BCUT2D eigenvalue weighted by molar-refractivity contribution is -0.152. The third-order valence-corrected chi connectivity index (χ3v) is 12.7. The summed E-state index contributed by atoms with van der Waals surface area (Å²) in [4.78, 5) is 140. The fourth-order valence-corrected chi connectivity index (χ4v) is 7.94. The van der Waals surface area contributed by atoms with Crippen molar-refractivity contribution in [1.82, 2.24) is 41.7 Å². The van der Waals surface area contributed by atoms with Gasteiger partial charge in [-0.1, -0.05) is 39.8 Å². The van der Waals surface area contributed by atoms with Crippen LogP contribution < -0.4 is 49.1 Å². The normalized spacial score (nSPS) is 19.3. The van der Waals surface area contributed by atoms with Crippen molar-refractivity contribution in [3.05, 3.63) is 29.8 Å². The molecule has 1 aromatic rings. The molecule has 1 aliphatic rings. The number of nitrogens with two attached hydrogens (primary N) is 3. The van der Waals surface area contributed by atoms with Crippen molar-refractivity contribution in [3.8, 4) is 5.75 Å². The highest BCUT2D eigenvalue weighted by Crippen LogP contribution is 2.26. The van der Waals surface area contributed by atoms with Crippen LogP contribution in [-0.4, -0.2) is 184 Å². The van der Waals surface area contributed by atoms with Crippen LogP contribution in [0.15, 0.2) is 29.3 Å². The molecular weight excluding hydrogens is 973 g/mol. The third-order valence-electron chi connectivity index (χ3n) is 12.7. The van der Waals surface area contributed by atoms with E-state index in [1.54, 1.807) is 27.7 Å². The average molecular weight is 1050 g/mol. The monoisotopic (exact) mass is 1050 g/mol. The molecule has 414 valence electrons. The van der Waals surface area contributed by atoms with Crippen molar-refractivity contribution in [2.45, 2.75) is 147 Å². The molecule has 13 atom stereocenters. The molecule has 1 heterocycles. The molecule has 2 rings (SSSR count). The van der Waals surface area contributed by atoms with Crippen LogP contribution in [0, 0.1) is 17.8 Å². The number of methoxy groups -OCH3 is 1. The zero-order valence-electron chi connectivity index (χ0n) is 43.5. The van der Waals surface area contributed by atoms with Crippen LogP contribution in [0.2, 0.25) is 0 Å². The minimum Gasteiger partial charge on any atom is -0.508 e. The molecule has 0 aliphatic carbocycles. The Kier molecular flexibility index (Phi) is 24.6. The molecular formula is C47H76N12O15. The predicted octanol–water partition coefficient (Wildman–Crippen LogP) is -3.84. The molecule has 1 fully saturated rings. The summed E-state index contributed by atoms with van der Waals surface area (Å²) in [5.74, 6) is -11.2. The predicted molar refractivity (Wildman–Crippen MR) is 265 cm³/mol. The Morgan fingerprint density at radius 2 is 1.28 bits per heavy atom. The molecule has 0 aromatic heterocycles. The van der Waals surface area contributed by atoms with E-state index in [1.165, 1.54) is 59.3 Å². The zero-order chi connectivity index (χ0) is 56.5. The summed E-state index contributed by atoms with van der Waals surface area (Å²) in [5, 5.41) is 55.8. The van der Waals surface area contributed by atoms with E-state index in [9.17, 15) is 68.4 Å². The van der Waals surface area contributed by atoms with Crippen molar-refractivity contribution in [1.29, 1.82) is 0 Å². The number of carbonyl (C=O) groups excluding carboxylic acids is 9. The van der Waals surface area contributed by atoms with Crippen molar-refractivity contribution < 1.29 is 73.1 Å². The van der Waals surface area contributed by atoms with E-state index in [0.29, 0.717) is 0 Å². The summed E-state index contributed by atoms with van der Waals surface area (Å²) < 4.78 is 5.65. The molecule has 27 nitrogen and oxygen atoms in total. The van der Waals surface area contributed by atoms with E-state index in [2.05, 4.69) is 36.9 Å². The molecule has 1 aliphatic heterocycles. The number of likely N-dealkylation sites (N-methyl/N-ethyl adjacent to an activating group) is 2. The Hall–Kier alpha value is -7.13. The van der Waals surface area contributed by atoms with Crippen LogP contribution >= 0.6 is 0 Å². The second-order valence-corrected chi connectivity index (χ2v) is 19.0. The van der Waals surface area contributed by atoms with Crippen LogP contribution in [0.25, 0.3) is 0 Å². The molecule has 16 N–H and O–H groups in total. The molecule has 1 saturated heterocycles. The number of ether oxygens (including phenoxy) is 1. The van der Waals surface area contributed by atoms with Crippen molar-refractivity contribution in [2.75, 3.05) is 27.7 Å². The Bertz CT molecular complexity index is 2190. The Morgan fingerprint density at radius 3 is 1.77 bits per heavy atom. The molecule has 9 amide bonds. The standard InChI is InChI=1S/C47H76N12O15/c1-21(2)20-30(44(70)59(9)31(17-18-32(48)63)40(66)57-36(45(71)58(8)24(5)46(72)73)37(74-10)27-13-15-28(62)16-14-27)53-39(65)29(12-11-19-51-47(49)50)52-42(68)34(25(6)60)56-43(69)35(26(7)61)55-41(67)33-22(3)23(4)38(64)54-33/h13-16,21-26,29-31,33-37,60-62H,11-12,17-20H2,1-10H3,(H2,48,63)(H,52,68)(H,53,65)(H,54,64)(H,55,67)(H,56,69)(H,57,66)(H,72,73)(H4,49,50,51)/t22-,23+,24-,25+,26+,29+,30-,31-,33-,34+,35+,36+,37+/m0/s1. The van der Waals surface area contributed by atoms with E-state index in [0.717, 1.165) is 16.7 Å². The lowest BCUT2D eigenvalue weighted by atomic mass is 9.93.